The molecule has 19 heavy (non-hydrogen) atoms. The highest BCUT2D eigenvalue weighted by molar-refractivity contribution is 5.96. The van der Waals surface area contributed by atoms with Crippen molar-refractivity contribution in [2.24, 2.45) is 11.7 Å². The van der Waals surface area contributed by atoms with Gasteiger partial charge in [-0.3, -0.25) is 9.59 Å². The molecule has 0 radical (unpaired) electrons. The lowest BCUT2D eigenvalue weighted by atomic mass is 9.99. The normalized spacial score (nSPS) is 13.6. The Balaban J connectivity index is 2.81. The Morgan fingerprint density at radius 2 is 1.95 bits per heavy atom. The smallest absolute Gasteiger partial charge is 0.326 e. The summed E-state index contributed by atoms with van der Waals surface area (Å²) in [5.41, 5.74) is 4.99. The van der Waals surface area contributed by atoms with Gasteiger partial charge in [0.15, 0.2) is 11.5 Å². The average Bonchev–Trinajstić information content (AvgIpc) is 2.84. The second-order valence-corrected chi connectivity index (χ2v) is 4.20. The molecule has 0 spiro atoms. The van der Waals surface area contributed by atoms with Crippen molar-refractivity contribution in [2.45, 2.75) is 26.3 Å². The molecule has 0 aliphatic heterocycles. The van der Waals surface area contributed by atoms with Crippen LogP contribution in [0, 0.1) is 5.92 Å². The highest BCUT2D eigenvalue weighted by atomic mass is 16.4. The van der Waals surface area contributed by atoms with Crippen molar-refractivity contribution in [3.63, 3.8) is 0 Å². The molecule has 1 aromatic rings. The lowest BCUT2D eigenvalue weighted by Crippen LogP contribution is -2.44. The first kappa shape index (κ1) is 14.7. The number of nitrogens with two attached hydrogens (primary N) is 1. The molecule has 2 atom stereocenters. The molecule has 104 valence electrons. The van der Waals surface area contributed by atoms with E-state index >= 15 is 0 Å². The maximum Gasteiger partial charge on any atom is 0.326 e. The Kier molecular flexibility index (Phi) is 4.68. The van der Waals surface area contributed by atoms with E-state index in [1.54, 1.807) is 6.92 Å². The van der Waals surface area contributed by atoms with Crippen LogP contribution in [0.15, 0.2) is 16.5 Å². The van der Waals surface area contributed by atoms with E-state index < -0.39 is 23.8 Å². The molecule has 7 nitrogen and oxygen atoms in total. The van der Waals surface area contributed by atoms with E-state index in [1.807, 2.05) is 6.92 Å². The highest BCUT2D eigenvalue weighted by Crippen LogP contribution is 2.11. The molecule has 1 aromatic heterocycles. The van der Waals surface area contributed by atoms with E-state index in [1.165, 1.54) is 12.1 Å². The Bertz CT molecular complexity index is 494. The standard InChI is InChI=1S/C12H16N2O5/c1-3-6(2)9(12(17)18)14-11(16)8-5-4-7(19-8)10(13)15/h4-6,9H,3H2,1-2H3,(H2,13,15)(H,14,16)(H,17,18)/t6-,9-/m0/s1. The summed E-state index contributed by atoms with van der Waals surface area (Å²) in [5, 5.41) is 11.4. The van der Waals surface area contributed by atoms with E-state index in [4.69, 9.17) is 15.3 Å². The van der Waals surface area contributed by atoms with Crippen LogP contribution in [-0.2, 0) is 4.79 Å². The van der Waals surface area contributed by atoms with E-state index in [-0.39, 0.29) is 17.4 Å². The van der Waals surface area contributed by atoms with Crippen molar-refractivity contribution >= 4 is 17.8 Å². The maximum atomic E-state index is 11.8. The van der Waals surface area contributed by atoms with Gasteiger partial charge in [-0.15, -0.1) is 0 Å². The van der Waals surface area contributed by atoms with Crippen LogP contribution in [0.1, 0.15) is 41.4 Å². The van der Waals surface area contributed by atoms with Crippen LogP contribution < -0.4 is 11.1 Å². The minimum atomic E-state index is -1.12. The molecule has 1 rings (SSSR count). The van der Waals surface area contributed by atoms with Gasteiger partial charge in [-0.05, 0) is 18.1 Å². The molecule has 0 aliphatic rings. The van der Waals surface area contributed by atoms with Crippen LogP contribution in [0.3, 0.4) is 0 Å². The first-order chi connectivity index (χ1) is 8.86. The van der Waals surface area contributed by atoms with E-state index in [9.17, 15) is 14.4 Å². The van der Waals surface area contributed by atoms with Gasteiger partial charge in [-0.1, -0.05) is 20.3 Å². The fraction of sp³-hybridized carbons (Fsp3) is 0.417. The number of carbonyl (C=O) groups is 3. The number of carbonyl (C=O) groups excluding carboxylic acids is 2. The van der Waals surface area contributed by atoms with Crippen molar-refractivity contribution in [3.8, 4) is 0 Å². The SMILES string of the molecule is CC[C@H](C)[C@H](NC(=O)c1ccc(C(N)=O)o1)C(=O)O. The van der Waals surface area contributed by atoms with Crippen LogP contribution in [-0.4, -0.2) is 28.9 Å². The van der Waals surface area contributed by atoms with Crippen molar-refractivity contribution in [2.75, 3.05) is 0 Å². The quantitative estimate of drug-likeness (QED) is 0.697. The Labute approximate surface area is 109 Å². The summed E-state index contributed by atoms with van der Waals surface area (Å²) in [6.45, 7) is 3.54. The maximum absolute atomic E-state index is 11.8. The van der Waals surface area contributed by atoms with E-state index in [0.29, 0.717) is 6.42 Å². The Morgan fingerprint density at radius 1 is 1.37 bits per heavy atom. The zero-order valence-corrected chi connectivity index (χ0v) is 10.7. The third-order valence-electron chi connectivity index (χ3n) is 2.84. The molecule has 0 aliphatic carbocycles. The lowest BCUT2D eigenvalue weighted by Gasteiger charge is -2.19. The molecule has 0 saturated heterocycles. The number of primary amides is 1. The summed E-state index contributed by atoms with van der Waals surface area (Å²) in [4.78, 5) is 33.7. The third-order valence-corrected chi connectivity index (χ3v) is 2.84. The number of hydrogen-bond acceptors (Lipinski definition) is 4. The van der Waals surface area contributed by atoms with Gasteiger partial charge in [0.25, 0.3) is 11.8 Å². The summed E-state index contributed by atoms with van der Waals surface area (Å²) in [6, 6.07) is 1.51. The van der Waals surface area contributed by atoms with E-state index in [2.05, 4.69) is 5.32 Å². The molecule has 7 heteroatoms. The second-order valence-electron chi connectivity index (χ2n) is 4.20. The minimum absolute atomic E-state index is 0.150. The number of rotatable bonds is 6. The fourth-order valence-corrected chi connectivity index (χ4v) is 1.49. The zero-order chi connectivity index (χ0) is 14.6. The van der Waals surface area contributed by atoms with Gasteiger partial charge in [-0.2, -0.15) is 0 Å². The Hall–Kier alpha value is -2.31. The molecule has 2 amide bonds. The number of carboxylic acids is 1. The molecule has 0 fully saturated rings. The number of aliphatic carboxylic acids is 1. The highest BCUT2D eigenvalue weighted by Gasteiger charge is 2.27. The summed E-state index contributed by atoms with van der Waals surface area (Å²) >= 11 is 0. The van der Waals surface area contributed by atoms with Gasteiger partial charge in [0.05, 0.1) is 0 Å². The number of hydrogen-bond donors (Lipinski definition) is 3. The van der Waals surface area contributed by atoms with Crippen LogP contribution in [0.4, 0.5) is 0 Å². The minimum Gasteiger partial charge on any atom is -0.480 e. The van der Waals surface area contributed by atoms with Gasteiger partial charge in [0.1, 0.15) is 6.04 Å². The largest absolute Gasteiger partial charge is 0.480 e. The third kappa shape index (κ3) is 3.57. The van der Waals surface area contributed by atoms with Gasteiger partial charge in [0, 0.05) is 0 Å². The van der Waals surface area contributed by atoms with Crippen molar-refractivity contribution in [1.29, 1.82) is 0 Å². The van der Waals surface area contributed by atoms with Gasteiger partial charge >= 0.3 is 5.97 Å². The number of nitrogens with one attached hydrogen (secondary N) is 1. The topological polar surface area (TPSA) is 123 Å². The van der Waals surface area contributed by atoms with E-state index in [0.717, 1.165) is 0 Å². The zero-order valence-electron chi connectivity index (χ0n) is 10.7. The second kappa shape index (κ2) is 6.03. The van der Waals surface area contributed by atoms with Crippen LogP contribution in [0.25, 0.3) is 0 Å². The average molecular weight is 268 g/mol. The first-order valence-corrected chi connectivity index (χ1v) is 5.80. The molecule has 0 bridgehead atoms. The number of amides is 2. The van der Waals surface area contributed by atoms with Crippen LogP contribution >= 0.6 is 0 Å². The van der Waals surface area contributed by atoms with Crippen molar-refractivity contribution < 1.29 is 23.9 Å². The summed E-state index contributed by atoms with van der Waals surface area (Å²) < 4.78 is 4.92. The molecular formula is C12H16N2O5. The van der Waals surface area contributed by atoms with Gasteiger partial charge in [-0.25, -0.2) is 4.79 Å². The molecular weight excluding hydrogens is 252 g/mol. The Morgan fingerprint density at radius 3 is 2.37 bits per heavy atom. The molecule has 0 saturated carbocycles. The summed E-state index contributed by atoms with van der Waals surface area (Å²) in [7, 11) is 0. The molecule has 0 aromatic carbocycles. The first-order valence-electron chi connectivity index (χ1n) is 5.80. The number of carboxylic acid groups (broad SMARTS) is 1. The number of furan rings is 1. The molecule has 1 heterocycles. The van der Waals surface area contributed by atoms with Gasteiger partial charge < -0.3 is 20.6 Å². The summed E-state index contributed by atoms with van der Waals surface area (Å²) in [5.74, 6) is -3.14. The monoisotopic (exact) mass is 268 g/mol. The molecule has 0 unspecified atom stereocenters. The van der Waals surface area contributed by atoms with Crippen LogP contribution in [0.2, 0.25) is 0 Å². The van der Waals surface area contributed by atoms with Crippen molar-refractivity contribution in [3.05, 3.63) is 23.7 Å². The van der Waals surface area contributed by atoms with Crippen LogP contribution in [0.5, 0.6) is 0 Å². The lowest BCUT2D eigenvalue weighted by molar-refractivity contribution is -0.140. The predicted molar refractivity (Wildman–Crippen MR) is 65.6 cm³/mol. The fourth-order valence-electron chi connectivity index (χ4n) is 1.49. The summed E-state index contributed by atoms with van der Waals surface area (Å²) in [6.07, 6.45) is 0.599. The predicted octanol–water partition coefficient (Wildman–Crippen LogP) is 0.608. The van der Waals surface area contributed by atoms with Gasteiger partial charge in [0.2, 0.25) is 0 Å². The molecule has 4 N–H and O–H groups in total. The van der Waals surface area contributed by atoms with Crippen molar-refractivity contribution in [1.82, 2.24) is 5.32 Å².